The minimum absolute atomic E-state index is 0.0345. The van der Waals surface area contributed by atoms with Crippen LogP contribution in [0.2, 0.25) is 0 Å². The molecule has 136 valence electrons. The maximum Gasteiger partial charge on any atom is 0.276 e. The molecule has 26 heavy (non-hydrogen) atoms. The summed E-state index contributed by atoms with van der Waals surface area (Å²) in [5.74, 6) is -0.953. The third-order valence-electron chi connectivity index (χ3n) is 3.66. The number of anilines is 2. The van der Waals surface area contributed by atoms with Gasteiger partial charge in [-0.1, -0.05) is 0 Å². The Labute approximate surface area is 152 Å². The van der Waals surface area contributed by atoms with Crippen molar-refractivity contribution in [2.45, 2.75) is 4.90 Å². The molecule has 1 aromatic heterocycles. The predicted octanol–water partition coefficient (Wildman–Crippen LogP) is 2.82. The van der Waals surface area contributed by atoms with Gasteiger partial charge in [-0.05, 0) is 36.6 Å². The molecule has 0 spiro atoms. The van der Waals surface area contributed by atoms with E-state index in [4.69, 9.17) is 9.94 Å². The quantitative estimate of drug-likeness (QED) is 0.288. The van der Waals surface area contributed by atoms with Crippen molar-refractivity contribution in [3.63, 3.8) is 0 Å². The molecule has 0 bridgehead atoms. The molecule has 4 N–H and O–H groups in total. The fourth-order valence-corrected chi connectivity index (χ4v) is 2.84. The average Bonchev–Trinajstić information content (AvgIpc) is 3.12. The predicted molar refractivity (Wildman–Crippen MR) is 98.1 cm³/mol. The number of benzene rings is 2. The zero-order valence-electron chi connectivity index (χ0n) is 13.9. The molecule has 7 nitrogen and oxygen atoms in total. The number of hydrogen-bond donors (Lipinski definition) is 4. The van der Waals surface area contributed by atoms with E-state index >= 15 is 0 Å². The normalized spacial score (nSPS) is 10.9. The summed E-state index contributed by atoms with van der Waals surface area (Å²) in [5, 5.41) is 19.1. The number of hydrogen-bond acceptors (Lipinski definition) is 6. The van der Waals surface area contributed by atoms with Crippen LogP contribution in [0.4, 0.5) is 15.8 Å². The molecule has 1 amide bonds. The highest BCUT2D eigenvalue weighted by molar-refractivity contribution is 7.98. The number of carbonyl (C=O) groups excluding carboxylic acids is 1. The van der Waals surface area contributed by atoms with Gasteiger partial charge in [-0.15, -0.1) is 11.8 Å². The third-order valence-corrected chi connectivity index (χ3v) is 4.39. The molecule has 0 saturated heterocycles. The van der Waals surface area contributed by atoms with E-state index in [-0.39, 0.29) is 24.5 Å². The van der Waals surface area contributed by atoms with Gasteiger partial charge in [0.15, 0.2) is 0 Å². The van der Waals surface area contributed by atoms with Gasteiger partial charge in [0.1, 0.15) is 5.82 Å². The van der Waals surface area contributed by atoms with Crippen LogP contribution < -0.4 is 10.8 Å². The van der Waals surface area contributed by atoms with Crippen LogP contribution in [0.5, 0.6) is 0 Å². The van der Waals surface area contributed by atoms with Crippen molar-refractivity contribution in [1.82, 2.24) is 15.7 Å². The molecule has 0 aliphatic rings. The van der Waals surface area contributed by atoms with E-state index in [0.717, 1.165) is 4.90 Å². The summed E-state index contributed by atoms with van der Waals surface area (Å²) in [6.07, 6.45) is 3.42. The van der Waals surface area contributed by atoms with E-state index in [1.165, 1.54) is 17.8 Å². The van der Waals surface area contributed by atoms with Crippen molar-refractivity contribution in [3.05, 3.63) is 47.9 Å². The molecule has 0 fully saturated rings. The third kappa shape index (κ3) is 3.79. The summed E-state index contributed by atoms with van der Waals surface area (Å²) in [6, 6.07) is 8.10. The maximum absolute atomic E-state index is 14.4. The minimum Gasteiger partial charge on any atom is -0.394 e. The molecule has 0 atom stereocenters. The van der Waals surface area contributed by atoms with Gasteiger partial charge in [0, 0.05) is 10.3 Å². The monoisotopic (exact) mass is 376 g/mol. The number of thioether (sulfide) groups is 1. The van der Waals surface area contributed by atoms with E-state index in [0.29, 0.717) is 16.6 Å². The topological polar surface area (TPSA) is 99.3 Å². The van der Waals surface area contributed by atoms with Crippen molar-refractivity contribution < 1.29 is 19.1 Å². The highest BCUT2D eigenvalue weighted by Crippen LogP contribution is 2.31. The SMILES string of the molecule is CSc1ccc(Nc2c(C(=O)NOCCO)ccc3[nH]ncc23)c(F)c1. The number of halogens is 1. The average molecular weight is 376 g/mol. The molecule has 2 aromatic carbocycles. The van der Waals surface area contributed by atoms with Crippen LogP contribution in [0, 0.1) is 5.82 Å². The first-order valence-corrected chi connectivity index (χ1v) is 8.96. The van der Waals surface area contributed by atoms with Gasteiger partial charge in [0.2, 0.25) is 0 Å². The van der Waals surface area contributed by atoms with Crippen molar-refractivity contribution in [2.24, 2.45) is 0 Å². The highest BCUT2D eigenvalue weighted by atomic mass is 32.2. The standard InChI is InChI=1S/C17H17FN4O3S/c1-26-10-2-4-15(13(18)8-10)20-16-11(17(24)22-25-7-6-23)3-5-14-12(16)9-19-21-14/h2-5,8-9,20,23H,6-7H2,1H3,(H,19,21)(H,22,24). The molecule has 0 aliphatic carbocycles. The lowest BCUT2D eigenvalue weighted by atomic mass is 10.1. The Morgan fingerprint density at radius 3 is 2.96 bits per heavy atom. The molecule has 1 heterocycles. The molecule has 0 radical (unpaired) electrons. The van der Waals surface area contributed by atoms with Gasteiger partial charge in [0.25, 0.3) is 5.91 Å². The van der Waals surface area contributed by atoms with Crippen molar-refractivity contribution in [3.8, 4) is 0 Å². The summed E-state index contributed by atoms with van der Waals surface area (Å²) in [7, 11) is 0. The van der Waals surface area contributed by atoms with Crippen LogP contribution in [-0.2, 0) is 4.84 Å². The van der Waals surface area contributed by atoms with Gasteiger partial charge < -0.3 is 10.4 Å². The Kier molecular flexibility index (Phi) is 5.71. The lowest BCUT2D eigenvalue weighted by Gasteiger charge is -2.14. The van der Waals surface area contributed by atoms with Crippen LogP contribution in [0.15, 0.2) is 41.4 Å². The Morgan fingerprint density at radius 2 is 2.23 bits per heavy atom. The Balaban J connectivity index is 1.98. The van der Waals surface area contributed by atoms with Crippen molar-refractivity contribution in [1.29, 1.82) is 0 Å². The molecule has 0 aliphatic heterocycles. The van der Waals surface area contributed by atoms with Gasteiger partial charge >= 0.3 is 0 Å². The second-order valence-corrected chi connectivity index (χ2v) is 6.17. The largest absolute Gasteiger partial charge is 0.394 e. The first kappa shape index (κ1) is 18.2. The van der Waals surface area contributed by atoms with E-state index in [1.54, 1.807) is 30.5 Å². The van der Waals surface area contributed by atoms with Crippen LogP contribution in [0.3, 0.4) is 0 Å². The second kappa shape index (κ2) is 8.17. The van der Waals surface area contributed by atoms with E-state index in [9.17, 15) is 9.18 Å². The highest BCUT2D eigenvalue weighted by Gasteiger charge is 2.17. The fraction of sp³-hybridized carbons (Fsp3) is 0.176. The number of carbonyl (C=O) groups is 1. The maximum atomic E-state index is 14.4. The van der Waals surface area contributed by atoms with Crippen molar-refractivity contribution in [2.75, 3.05) is 24.8 Å². The molecular weight excluding hydrogens is 359 g/mol. The number of aromatic nitrogens is 2. The summed E-state index contributed by atoms with van der Waals surface area (Å²) >= 11 is 1.44. The molecule has 3 rings (SSSR count). The molecule has 0 saturated carbocycles. The number of fused-ring (bicyclic) bond motifs is 1. The summed E-state index contributed by atoms with van der Waals surface area (Å²) in [5.41, 5.74) is 3.84. The van der Waals surface area contributed by atoms with Gasteiger partial charge in [-0.25, -0.2) is 9.87 Å². The van der Waals surface area contributed by atoms with Crippen LogP contribution in [-0.4, -0.2) is 40.7 Å². The number of hydroxylamine groups is 1. The van der Waals surface area contributed by atoms with Crippen LogP contribution in [0.25, 0.3) is 10.9 Å². The number of rotatable bonds is 7. The Bertz CT molecular complexity index is 932. The van der Waals surface area contributed by atoms with E-state index in [1.807, 2.05) is 6.26 Å². The second-order valence-electron chi connectivity index (χ2n) is 5.29. The Hall–Kier alpha value is -2.62. The number of H-pyrrole nitrogens is 1. The number of nitrogens with one attached hydrogen (secondary N) is 3. The first-order chi connectivity index (χ1) is 12.6. The summed E-state index contributed by atoms with van der Waals surface area (Å²) < 4.78 is 14.4. The molecule has 9 heteroatoms. The van der Waals surface area contributed by atoms with Crippen molar-refractivity contribution >= 4 is 39.9 Å². The first-order valence-electron chi connectivity index (χ1n) is 7.73. The molecule has 0 unspecified atom stereocenters. The Morgan fingerprint density at radius 1 is 1.38 bits per heavy atom. The number of aromatic amines is 1. The summed E-state index contributed by atoms with van der Waals surface area (Å²) in [6.45, 7) is -0.258. The minimum atomic E-state index is -0.523. The number of amides is 1. The van der Waals surface area contributed by atoms with Crippen LogP contribution >= 0.6 is 11.8 Å². The molecule has 3 aromatic rings. The van der Waals surface area contributed by atoms with Gasteiger partial charge in [-0.3, -0.25) is 14.7 Å². The molecular formula is C17H17FN4O3S. The van der Waals surface area contributed by atoms with Crippen LogP contribution in [0.1, 0.15) is 10.4 Å². The number of aliphatic hydroxyl groups is 1. The number of aliphatic hydroxyl groups excluding tert-OH is 1. The lowest BCUT2D eigenvalue weighted by molar-refractivity contribution is 0.0169. The smallest absolute Gasteiger partial charge is 0.276 e. The number of nitrogens with zero attached hydrogens (tertiary/aromatic N) is 1. The zero-order chi connectivity index (χ0) is 18.5. The van der Waals surface area contributed by atoms with E-state index < -0.39 is 11.7 Å². The fourth-order valence-electron chi connectivity index (χ4n) is 2.42. The van der Waals surface area contributed by atoms with Gasteiger partial charge in [0.05, 0.1) is 41.9 Å². The zero-order valence-corrected chi connectivity index (χ0v) is 14.7. The van der Waals surface area contributed by atoms with Gasteiger partial charge in [-0.2, -0.15) is 5.10 Å². The van der Waals surface area contributed by atoms with E-state index in [2.05, 4.69) is 21.0 Å². The lowest BCUT2D eigenvalue weighted by Crippen LogP contribution is -2.25. The summed E-state index contributed by atoms with van der Waals surface area (Å²) in [4.78, 5) is 18.1.